The van der Waals surface area contributed by atoms with Crippen molar-refractivity contribution in [3.63, 3.8) is 0 Å². The number of aromatic hydroxyl groups is 1. The lowest BCUT2D eigenvalue weighted by molar-refractivity contribution is 0.476. The third kappa shape index (κ3) is 2.67. The number of nitrogens with zero attached hydrogens (tertiary/aromatic N) is 2. The van der Waals surface area contributed by atoms with E-state index in [2.05, 4.69) is 5.10 Å². The number of sulfone groups is 1. The molecule has 0 aliphatic carbocycles. The molecule has 7 heteroatoms. The van der Waals surface area contributed by atoms with Crippen LogP contribution in [0.3, 0.4) is 0 Å². The number of hydrogen-bond acceptors (Lipinski definition) is 5. The molecule has 0 unspecified atom stereocenters. The van der Waals surface area contributed by atoms with E-state index in [1.165, 1.54) is 24.4 Å². The minimum atomic E-state index is -3.14. The zero-order chi connectivity index (χ0) is 13.3. The molecule has 1 heterocycles. The Morgan fingerprint density at radius 3 is 2.78 bits per heavy atom. The van der Waals surface area contributed by atoms with Gasteiger partial charge in [-0.3, -0.25) is 4.79 Å². The molecule has 0 atom stereocenters. The summed E-state index contributed by atoms with van der Waals surface area (Å²) in [6.07, 6.45) is 2.54. The van der Waals surface area contributed by atoms with Gasteiger partial charge in [-0.05, 0) is 18.2 Å². The summed E-state index contributed by atoms with van der Waals surface area (Å²) >= 11 is 0. The van der Waals surface area contributed by atoms with Crippen molar-refractivity contribution in [1.29, 1.82) is 0 Å². The molecule has 0 aliphatic heterocycles. The summed E-state index contributed by atoms with van der Waals surface area (Å²) in [5.41, 5.74) is -0.365. The van der Waals surface area contributed by atoms with E-state index < -0.39 is 9.84 Å². The Labute approximate surface area is 103 Å². The van der Waals surface area contributed by atoms with Gasteiger partial charge >= 0.3 is 0 Å². The summed E-state index contributed by atoms with van der Waals surface area (Å²) in [6.45, 7) is 0.0223. The average molecular weight is 268 g/mol. The molecule has 1 aromatic carbocycles. The Hall–Kier alpha value is -1.89. The SMILES string of the molecule is CS(=O)(=O)CCn1ncc2cc(O)ccc2c1=O. The first kappa shape index (κ1) is 12.6. The summed E-state index contributed by atoms with van der Waals surface area (Å²) in [7, 11) is -3.14. The number of rotatable bonds is 3. The maximum atomic E-state index is 12.0. The van der Waals surface area contributed by atoms with Crippen molar-refractivity contribution < 1.29 is 13.5 Å². The molecule has 96 valence electrons. The topological polar surface area (TPSA) is 89.3 Å². The maximum absolute atomic E-state index is 12.0. The van der Waals surface area contributed by atoms with Crippen LogP contribution in [0.15, 0.2) is 29.2 Å². The molecule has 6 nitrogen and oxygen atoms in total. The zero-order valence-corrected chi connectivity index (χ0v) is 10.5. The Balaban J connectivity index is 2.46. The third-order valence-corrected chi connectivity index (χ3v) is 3.43. The van der Waals surface area contributed by atoms with Gasteiger partial charge in [0.25, 0.3) is 5.56 Å². The van der Waals surface area contributed by atoms with Crippen LogP contribution in [0.1, 0.15) is 0 Å². The van der Waals surface area contributed by atoms with Crippen LogP contribution in [0.25, 0.3) is 10.8 Å². The van der Waals surface area contributed by atoms with Crippen molar-refractivity contribution >= 4 is 20.6 Å². The summed E-state index contributed by atoms with van der Waals surface area (Å²) < 4.78 is 23.2. The molecule has 2 aromatic rings. The molecule has 1 aromatic heterocycles. The third-order valence-electron chi connectivity index (χ3n) is 2.51. The quantitative estimate of drug-likeness (QED) is 0.855. The first-order chi connectivity index (χ1) is 8.37. The summed E-state index contributed by atoms with van der Waals surface area (Å²) in [5, 5.41) is 14.1. The van der Waals surface area contributed by atoms with Crippen molar-refractivity contribution in [3.05, 3.63) is 34.7 Å². The molecule has 0 radical (unpaired) electrons. The lowest BCUT2D eigenvalue weighted by Crippen LogP contribution is -2.26. The van der Waals surface area contributed by atoms with Crippen LogP contribution in [-0.4, -0.2) is 35.3 Å². The van der Waals surface area contributed by atoms with Gasteiger partial charge < -0.3 is 5.11 Å². The molecule has 0 amide bonds. The van der Waals surface area contributed by atoms with Gasteiger partial charge in [-0.15, -0.1) is 0 Å². The number of phenols is 1. The predicted octanol–water partition coefficient (Wildman–Crippen LogP) is 0.147. The molecule has 0 saturated carbocycles. The molecular formula is C11H12N2O4S. The lowest BCUT2D eigenvalue weighted by Gasteiger charge is -2.05. The first-order valence-corrected chi connectivity index (χ1v) is 7.29. The van der Waals surface area contributed by atoms with Crippen LogP contribution in [-0.2, 0) is 16.4 Å². The molecular weight excluding hydrogens is 256 g/mol. The highest BCUT2D eigenvalue weighted by atomic mass is 32.2. The van der Waals surface area contributed by atoms with Crippen LogP contribution in [0.2, 0.25) is 0 Å². The standard InChI is InChI=1S/C11H12N2O4S/c1-18(16,17)5-4-13-11(15)10-3-2-9(14)6-8(10)7-12-13/h2-3,6-7,14H,4-5H2,1H3. The summed E-state index contributed by atoms with van der Waals surface area (Å²) in [4.78, 5) is 12.0. The van der Waals surface area contributed by atoms with Gasteiger partial charge in [0.2, 0.25) is 0 Å². The molecule has 0 saturated heterocycles. The van der Waals surface area contributed by atoms with E-state index in [9.17, 15) is 18.3 Å². The van der Waals surface area contributed by atoms with Crippen molar-refractivity contribution in [3.8, 4) is 5.75 Å². The molecule has 0 bridgehead atoms. The maximum Gasteiger partial charge on any atom is 0.274 e. The molecule has 0 fully saturated rings. The summed E-state index contributed by atoms with van der Waals surface area (Å²) in [6, 6.07) is 4.33. The van der Waals surface area contributed by atoms with Crippen LogP contribution in [0.4, 0.5) is 0 Å². The van der Waals surface area contributed by atoms with E-state index in [1.807, 2.05) is 0 Å². The number of aromatic nitrogens is 2. The largest absolute Gasteiger partial charge is 0.508 e. The number of benzene rings is 1. The molecule has 2 rings (SSSR count). The minimum Gasteiger partial charge on any atom is -0.508 e. The minimum absolute atomic E-state index is 0.0223. The molecule has 1 N–H and O–H groups in total. The van der Waals surface area contributed by atoms with Crippen molar-refractivity contribution in [2.45, 2.75) is 6.54 Å². The Kier molecular flexibility index (Phi) is 3.08. The van der Waals surface area contributed by atoms with Gasteiger partial charge in [-0.25, -0.2) is 13.1 Å². The monoisotopic (exact) mass is 268 g/mol. The second-order valence-corrected chi connectivity index (χ2v) is 6.33. The lowest BCUT2D eigenvalue weighted by atomic mass is 10.2. The van der Waals surface area contributed by atoms with E-state index >= 15 is 0 Å². The average Bonchev–Trinajstić information content (AvgIpc) is 2.26. The fourth-order valence-electron chi connectivity index (χ4n) is 1.59. The summed E-state index contributed by atoms with van der Waals surface area (Å²) in [5.74, 6) is -0.0821. The van der Waals surface area contributed by atoms with Crippen LogP contribution in [0.5, 0.6) is 5.75 Å². The predicted molar refractivity (Wildman–Crippen MR) is 67.4 cm³/mol. The fraction of sp³-hybridized carbons (Fsp3) is 0.273. The number of aryl methyl sites for hydroxylation is 1. The van der Waals surface area contributed by atoms with Gasteiger partial charge in [-0.1, -0.05) is 0 Å². The second kappa shape index (κ2) is 4.41. The van der Waals surface area contributed by atoms with Crippen LogP contribution in [0, 0.1) is 0 Å². The highest BCUT2D eigenvalue weighted by Gasteiger charge is 2.07. The highest BCUT2D eigenvalue weighted by Crippen LogP contribution is 2.15. The van der Waals surface area contributed by atoms with Gasteiger partial charge in [0.05, 0.1) is 23.9 Å². The van der Waals surface area contributed by atoms with E-state index in [4.69, 9.17) is 0 Å². The van der Waals surface area contributed by atoms with Crippen molar-refractivity contribution in [2.24, 2.45) is 0 Å². The smallest absolute Gasteiger partial charge is 0.274 e. The molecule has 0 aliphatic rings. The molecule has 0 spiro atoms. The Morgan fingerprint density at radius 1 is 1.39 bits per heavy atom. The normalized spacial score (nSPS) is 11.8. The van der Waals surface area contributed by atoms with Crippen molar-refractivity contribution in [2.75, 3.05) is 12.0 Å². The Bertz CT molecular complexity index is 749. The van der Waals surface area contributed by atoms with Crippen LogP contribution >= 0.6 is 0 Å². The van der Waals surface area contributed by atoms with E-state index in [0.29, 0.717) is 10.8 Å². The second-order valence-electron chi connectivity index (χ2n) is 4.07. The number of fused-ring (bicyclic) bond motifs is 1. The fourth-order valence-corrected chi connectivity index (χ4v) is 2.09. The van der Waals surface area contributed by atoms with Gasteiger partial charge in [0, 0.05) is 11.6 Å². The van der Waals surface area contributed by atoms with E-state index in [1.54, 1.807) is 0 Å². The van der Waals surface area contributed by atoms with E-state index in [0.717, 1.165) is 10.9 Å². The van der Waals surface area contributed by atoms with Gasteiger partial charge in [0.15, 0.2) is 0 Å². The number of phenolic OH excluding ortho intramolecular Hbond substituents is 1. The van der Waals surface area contributed by atoms with Gasteiger partial charge in [-0.2, -0.15) is 5.10 Å². The number of hydrogen-bond donors (Lipinski definition) is 1. The molecule has 18 heavy (non-hydrogen) atoms. The van der Waals surface area contributed by atoms with Gasteiger partial charge in [0.1, 0.15) is 15.6 Å². The van der Waals surface area contributed by atoms with Crippen LogP contribution < -0.4 is 5.56 Å². The van der Waals surface area contributed by atoms with Crippen molar-refractivity contribution in [1.82, 2.24) is 9.78 Å². The highest BCUT2D eigenvalue weighted by molar-refractivity contribution is 7.90. The Morgan fingerprint density at radius 2 is 2.11 bits per heavy atom. The zero-order valence-electron chi connectivity index (χ0n) is 9.70. The van der Waals surface area contributed by atoms with E-state index in [-0.39, 0.29) is 23.6 Å². The first-order valence-electron chi connectivity index (χ1n) is 5.23.